The van der Waals surface area contributed by atoms with Gasteiger partial charge in [0.15, 0.2) is 0 Å². The minimum absolute atomic E-state index is 0.00829. The van der Waals surface area contributed by atoms with Gasteiger partial charge < -0.3 is 10.2 Å². The van der Waals surface area contributed by atoms with Crippen LogP contribution in [0.3, 0.4) is 0 Å². The second-order valence-corrected chi connectivity index (χ2v) is 6.09. The highest BCUT2D eigenvalue weighted by molar-refractivity contribution is 7.16. The molecule has 5 heteroatoms. The molecule has 0 bridgehead atoms. The molecule has 1 aliphatic carbocycles. The smallest absolute Gasteiger partial charge is 0.134 e. The zero-order chi connectivity index (χ0) is 14.8. The largest absolute Gasteiger partial charge is 0.508 e. The highest BCUT2D eigenvalue weighted by atomic mass is 32.1. The summed E-state index contributed by atoms with van der Waals surface area (Å²) < 4.78 is 0. The van der Waals surface area contributed by atoms with Crippen molar-refractivity contribution in [2.24, 2.45) is 4.99 Å². The molecule has 0 atom stereocenters. The molecular weight excluding hydrogens is 284 g/mol. The van der Waals surface area contributed by atoms with Gasteiger partial charge in [0.05, 0.1) is 5.56 Å². The first-order valence-electron chi connectivity index (χ1n) is 6.79. The van der Waals surface area contributed by atoms with Crippen molar-refractivity contribution in [3.63, 3.8) is 0 Å². The van der Waals surface area contributed by atoms with Crippen LogP contribution in [0.15, 0.2) is 23.2 Å². The lowest BCUT2D eigenvalue weighted by molar-refractivity contribution is 0.450. The third kappa shape index (κ3) is 2.63. The van der Waals surface area contributed by atoms with Crippen LogP contribution in [0.1, 0.15) is 34.4 Å². The maximum atomic E-state index is 9.75. The van der Waals surface area contributed by atoms with Crippen LogP contribution in [0.4, 0.5) is 5.00 Å². The summed E-state index contributed by atoms with van der Waals surface area (Å²) in [5, 5.41) is 29.1. The number of nitriles is 1. The quantitative estimate of drug-likeness (QED) is 0.831. The molecule has 0 saturated heterocycles. The molecule has 0 saturated carbocycles. The van der Waals surface area contributed by atoms with Crippen molar-refractivity contribution in [2.45, 2.75) is 25.7 Å². The lowest BCUT2D eigenvalue weighted by Gasteiger charge is -2.09. The van der Waals surface area contributed by atoms with E-state index in [0.29, 0.717) is 16.1 Å². The van der Waals surface area contributed by atoms with E-state index in [9.17, 15) is 15.5 Å². The number of aromatic hydroxyl groups is 2. The molecule has 2 N–H and O–H groups in total. The van der Waals surface area contributed by atoms with Crippen molar-refractivity contribution in [1.82, 2.24) is 0 Å². The first kappa shape index (κ1) is 13.7. The Morgan fingerprint density at radius 3 is 2.81 bits per heavy atom. The Morgan fingerprint density at radius 1 is 1.24 bits per heavy atom. The number of aryl methyl sites for hydroxylation is 1. The molecule has 21 heavy (non-hydrogen) atoms. The van der Waals surface area contributed by atoms with Crippen LogP contribution in [0.2, 0.25) is 0 Å². The van der Waals surface area contributed by atoms with Crippen LogP contribution in [0, 0.1) is 11.3 Å². The maximum Gasteiger partial charge on any atom is 0.134 e. The van der Waals surface area contributed by atoms with Crippen LogP contribution in [0.5, 0.6) is 11.5 Å². The van der Waals surface area contributed by atoms with Gasteiger partial charge in [0.1, 0.15) is 22.6 Å². The number of phenols is 2. The van der Waals surface area contributed by atoms with Gasteiger partial charge in [-0.15, -0.1) is 11.3 Å². The van der Waals surface area contributed by atoms with E-state index in [2.05, 4.69) is 11.1 Å². The number of phenolic OH excluding ortho intramolecular Hbond substituents is 2. The van der Waals surface area contributed by atoms with Gasteiger partial charge in [-0.25, -0.2) is 4.99 Å². The summed E-state index contributed by atoms with van der Waals surface area (Å²) in [7, 11) is 0. The Morgan fingerprint density at radius 2 is 2.05 bits per heavy atom. The molecule has 2 aromatic rings. The van der Waals surface area contributed by atoms with Gasteiger partial charge in [-0.05, 0) is 43.4 Å². The van der Waals surface area contributed by atoms with Crippen molar-refractivity contribution in [3.8, 4) is 17.6 Å². The SMILES string of the molecule is N#Cc1c(/N=C/c2ccc(O)cc2O)sc2c1CCCC2. The summed E-state index contributed by atoms with van der Waals surface area (Å²) in [5.41, 5.74) is 2.34. The fraction of sp³-hybridized carbons (Fsp3) is 0.250. The lowest BCUT2D eigenvalue weighted by Crippen LogP contribution is -1.99. The Kier molecular flexibility index (Phi) is 3.63. The summed E-state index contributed by atoms with van der Waals surface area (Å²) in [6.07, 6.45) is 5.80. The average molecular weight is 298 g/mol. The molecule has 1 aromatic carbocycles. The second kappa shape index (κ2) is 5.58. The van der Waals surface area contributed by atoms with Gasteiger partial charge in [0, 0.05) is 22.7 Å². The Hall–Kier alpha value is -2.32. The molecule has 1 aliphatic rings. The number of nitrogens with zero attached hydrogens (tertiary/aromatic N) is 2. The Labute approximate surface area is 126 Å². The number of fused-ring (bicyclic) bond motifs is 1. The van der Waals surface area contributed by atoms with Gasteiger partial charge in [0.2, 0.25) is 0 Å². The van der Waals surface area contributed by atoms with Gasteiger partial charge in [-0.1, -0.05) is 0 Å². The molecule has 0 aliphatic heterocycles. The van der Waals surface area contributed by atoms with E-state index in [1.165, 1.54) is 29.6 Å². The third-order valence-corrected chi connectivity index (χ3v) is 4.80. The van der Waals surface area contributed by atoms with Crippen molar-refractivity contribution >= 4 is 22.6 Å². The monoisotopic (exact) mass is 298 g/mol. The summed E-state index contributed by atoms with van der Waals surface area (Å²) in [6.45, 7) is 0. The summed E-state index contributed by atoms with van der Waals surface area (Å²) >= 11 is 1.56. The molecule has 0 fully saturated rings. The minimum Gasteiger partial charge on any atom is -0.508 e. The molecular formula is C16H14N2O2S. The van der Waals surface area contributed by atoms with E-state index in [0.717, 1.165) is 24.8 Å². The number of benzene rings is 1. The van der Waals surface area contributed by atoms with Crippen LogP contribution >= 0.6 is 11.3 Å². The molecule has 3 rings (SSSR count). The van der Waals surface area contributed by atoms with Gasteiger partial charge in [0.25, 0.3) is 0 Å². The molecule has 0 spiro atoms. The molecule has 0 radical (unpaired) electrons. The van der Waals surface area contributed by atoms with E-state index < -0.39 is 0 Å². The lowest BCUT2D eigenvalue weighted by atomic mass is 9.96. The van der Waals surface area contributed by atoms with E-state index in [1.54, 1.807) is 17.4 Å². The maximum absolute atomic E-state index is 9.75. The molecule has 106 valence electrons. The van der Waals surface area contributed by atoms with Crippen LogP contribution in [-0.4, -0.2) is 16.4 Å². The average Bonchev–Trinajstić information content (AvgIpc) is 2.83. The van der Waals surface area contributed by atoms with Crippen LogP contribution < -0.4 is 0 Å². The Bertz CT molecular complexity index is 756. The van der Waals surface area contributed by atoms with E-state index in [4.69, 9.17) is 0 Å². The molecule has 4 nitrogen and oxygen atoms in total. The zero-order valence-electron chi connectivity index (χ0n) is 11.3. The third-order valence-electron chi connectivity index (χ3n) is 3.60. The van der Waals surface area contributed by atoms with E-state index in [1.807, 2.05) is 0 Å². The number of rotatable bonds is 2. The van der Waals surface area contributed by atoms with E-state index in [-0.39, 0.29) is 11.5 Å². The normalized spacial score (nSPS) is 14.0. The molecule has 0 unspecified atom stereocenters. The standard InChI is InChI=1S/C16H14N2O2S/c17-8-13-12-3-1-2-4-15(12)21-16(13)18-9-10-5-6-11(19)7-14(10)20/h5-7,9,19-20H,1-4H2/b18-9+. The topological polar surface area (TPSA) is 76.6 Å². The fourth-order valence-corrected chi connectivity index (χ4v) is 3.71. The predicted molar refractivity (Wildman–Crippen MR) is 82.7 cm³/mol. The molecule has 1 aromatic heterocycles. The first-order chi connectivity index (χ1) is 10.2. The summed E-state index contributed by atoms with van der Waals surface area (Å²) in [4.78, 5) is 5.64. The van der Waals surface area contributed by atoms with Crippen molar-refractivity contribution < 1.29 is 10.2 Å². The van der Waals surface area contributed by atoms with E-state index >= 15 is 0 Å². The molecule has 0 amide bonds. The first-order valence-corrected chi connectivity index (χ1v) is 7.61. The number of hydrogen-bond donors (Lipinski definition) is 2. The van der Waals surface area contributed by atoms with Crippen molar-refractivity contribution in [2.75, 3.05) is 0 Å². The van der Waals surface area contributed by atoms with Crippen LogP contribution in [0.25, 0.3) is 0 Å². The number of hydrogen-bond acceptors (Lipinski definition) is 5. The summed E-state index contributed by atoms with van der Waals surface area (Å²) in [6, 6.07) is 6.61. The summed E-state index contributed by atoms with van der Waals surface area (Å²) in [5.74, 6) is -0.0208. The second-order valence-electron chi connectivity index (χ2n) is 5.00. The van der Waals surface area contributed by atoms with Gasteiger partial charge in [-0.3, -0.25) is 0 Å². The highest BCUT2D eigenvalue weighted by Crippen LogP contribution is 2.39. The predicted octanol–water partition coefficient (Wildman–Crippen LogP) is 3.66. The zero-order valence-corrected chi connectivity index (χ0v) is 12.2. The highest BCUT2D eigenvalue weighted by Gasteiger charge is 2.20. The number of thiophene rings is 1. The number of aliphatic imine (C=N–C) groups is 1. The van der Waals surface area contributed by atoms with Crippen molar-refractivity contribution in [1.29, 1.82) is 5.26 Å². The minimum atomic E-state index is -0.0291. The van der Waals surface area contributed by atoms with Gasteiger partial charge in [-0.2, -0.15) is 5.26 Å². The Balaban J connectivity index is 1.96. The van der Waals surface area contributed by atoms with Crippen molar-refractivity contribution in [3.05, 3.63) is 39.8 Å². The molecule has 1 heterocycles. The van der Waals surface area contributed by atoms with Crippen LogP contribution in [-0.2, 0) is 12.8 Å². The fourth-order valence-electron chi connectivity index (χ4n) is 2.53. The van der Waals surface area contributed by atoms with Gasteiger partial charge >= 0.3 is 0 Å².